The van der Waals surface area contributed by atoms with E-state index in [2.05, 4.69) is 21.0 Å². The molecule has 1 aliphatic carbocycles. The molecule has 4 atom stereocenters. The van der Waals surface area contributed by atoms with Crippen LogP contribution in [-0.4, -0.2) is 52.6 Å². The van der Waals surface area contributed by atoms with Gasteiger partial charge < -0.3 is 9.42 Å². The summed E-state index contributed by atoms with van der Waals surface area (Å²) in [6.45, 7) is 7.29. The number of aryl methyl sites for hydroxylation is 2. The minimum absolute atomic E-state index is 0.315. The van der Waals surface area contributed by atoms with Gasteiger partial charge in [0.2, 0.25) is 5.91 Å². The van der Waals surface area contributed by atoms with E-state index in [1.807, 2.05) is 13.8 Å². The van der Waals surface area contributed by atoms with Crippen LogP contribution in [0.3, 0.4) is 0 Å². The molecule has 0 unspecified atom stereocenters. The van der Waals surface area contributed by atoms with Gasteiger partial charge in [0.15, 0.2) is 0 Å². The lowest BCUT2D eigenvalue weighted by Crippen LogP contribution is -2.60. The van der Waals surface area contributed by atoms with Crippen molar-refractivity contribution in [1.29, 1.82) is 0 Å². The summed E-state index contributed by atoms with van der Waals surface area (Å²) in [5, 5.41) is 4.04. The van der Waals surface area contributed by atoms with Crippen molar-refractivity contribution in [3.63, 3.8) is 0 Å². The van der Waals surface area contributed by atoms with Crippen molar-refractivity contribution in [2.24, 2.45) is 11.8 Å². The van der Waals surface area contributed by atoms with Crippen molar-refractivity contribution in [3.8, 4) is 0 Å². The van der Waals surface area contributed by atoms with Gasteiger partial charge in [-0.1, -0.05) is 23.2 Å². The standard InChI is InChI=1S/C23H33N3O2/c1-15-20(16(2)28-24-15)8-9-22(27)26-11-5-6-17-12-18-13-19(23(17)26)14-25-10-4-3-7-21(18)25/h12,18-19,21,23H,3-11,13-14H2,1-2H3/t18-,19+,21+,23+/m0/s1. The Morgan fingerprint density at radius 2 is 2.14 bits per heavy atom. The Hall–Kier alpha value is -1.62. The number of hydrogen-bond acceptors (Lipinski definition) is 4. The molecule has 0 aromatic carbocycles. The van der Waals surface area contributed by atoms with E-state index in [0.717, 1.165) is 48.4 Å². The lowest BCUT2D eigenvalue weighted by Gasteiger charge is -2.54. The lowest BCUT2D eigenvalue weighted by molar-refractivity contribution is -0.136. The highest BCUT2D eigenvalue weighted by Crippen LogP contribution is 2.45. The fourth-order valence-corrected chi connectivity index (χ4v) is 6.49. The Balaban J connectivity index is 1.33. The van der Waals surface area contributed by atoms with E-state index in [1.165, 1.54) is 45.2 Å². The largest absolute Gasteiger partial charge is 0.361 e. The van der Waals surface area contributed by atoms with Gasteiger partial charge in [0.05, 0.1) is 11.7 Å². The molecule has 4 aliphatic rings. The van der Waals surface area contributed by atoms with Crippen LogP contribution in [0.25, 0.3) is 0 Å². The fourth-order valence-electron chi connectivity index (χ4n) is 6.49. The molecule has 0 N–H and O–H groups in total. The molecule has 5 rings (SSSR count). The zero-order chi connectivity index (χ0) is 19.3. The Bertz CT molecular complexity index is 763. The predicted molar refractivity (Wildman–Crippen MR) is 108 cm³/mol. The van der Waals surface area contributed by atoms with Gasteiger partial charge in [0.25, 0.3) is 0 Å². The van der Waals surface area contributed by atoms with E-state index in [4.69, 9.17) is 4.52 Å². The van der Waals surface area contributed by atoms with Crippen LogP contribution in [-0.2, 0) is 11.2 Å². The third-order valence-corrected chi connectivity index (χ3v) is 7.75. The number of carbonyl (C=O) groups excluding carboxylic acids is 1. The van der Waals surface area contributed by atoms with Crippen molar-refractivity contribution in [2.45, 2.75) is 77.3 Å². The maximum atomic E-state index is 13.2. The summed E-state index contributed by atoms with van der Waals surface area (Å²) in [6.07, 6.45) is 11.6. The fraction of sp³-hybridized carbons (Fsp3) is 0.739. The first-order valence-corrected chi connectivity index (χ1v) is 11.3. The molecule has 2 bridgehead atoms. The molecule has 3 fully saturated rings. The van der Waals surface area contributed by atoms with Crippen molar-refractivity contribution < 1.29 is 9.32 Å². The lowest BCUT2D eigenvalue weighted by atomic mass is 9.68. The third-order valence-electron chi connectivity index (χ3n) is 7.75. The van der Waals surface area contributed by atoms with E-state index < -0.39 is 0 Å². The predicted octanol–water partition coefficient (Wildman–Crippen LogP) is 3.65. The number of aromatic nitrogens is 1. The van der Waals surface area contributed by atoms with Crippen molar-refractivity contribution in [1.82, 2.24) is 15.0 Å². The first-order chi connectivity index (χ1) is 13.6. The summed E-state index contributed by atoms with van der Waals surface area (Å²) in [4.78, 5) is 18.2. The molecule has 4 heterocycles. The summed E-state index contributed by atoms with van der Waals surface area (Å²) < 4.78 is 5.27. The molecule has 0 spiro atoms. The second-order valence-corrected chi connectivity index (χ2v) is 9.40. The van der Waals surface area contributed by atoms with Crippen LogP contribution >= 0.6 is 0 Å². The number of rotatable bonds is 3. The average molecular weight is 384 g/mol. The molecule has 152 valence electrons. The highest BCUT2D eigenvalue weighted by Gasteiger charge is 2.46. The van der Waals surface area contributed by atoms with Crippen LogP contribution in [0.5, 0.6) is 0 Å². The van der Waals surface area contributed by atoms with Gasteiger partial charge in [-0.25, -0.2) is 0 Å². The van der Waals surface area contributed by atoms with Crippen LogP contribution in [0, 0.1) is 25.7 Å². The highest BCUT2D eigenvalue weighted by molar-refractivity contribution is 5.77. The first-order valence-electron chi connectivity index (χ1n) is 11.3. The maximum Gasteiger partial charge on any atom is 0.223 e. The topological polar surface area (TPSA) is 49.6 Å². The molecule has 1 aromatic rings. The number of likely N-dealkylation sites (tertiary alicyclic amines) is 1. The molecule has 5 nitrogen and oxygen atoms in total. The minimum Gasteiger partial charge on any atom is -0.361 e. The quantitative estimate of drug-likeness (QED) is 0.748. The average Bonchev–Trinajstić information content (AvgIpc) is 3.03. The minimum atomic E-state index is 0.315. The van der Waals surface area contributed by atoms with Gasteiger partial charge >= 0.3 is 0 Å². The molecule has 0 saturated carbocycles. The molecule has 3 saturated heterocycles. The number of hydrogen-bond donors (Lipinski definition) is 0. The zero-order valence-electron chi connectivity index (χ0n) is 17.3. The molecule has 28 heavy (non-hydrogen) atoms. The van der Waals surface area contributed by atoms with Crippen LogP contribution in [0.15, 0.2) is 16.2 Å². The van der Waals surface area contributed by atoms with Crippen LogP contribution in [0.2, 0.25) is 0 Å². The summed E-state index contributed by atoms with van der Waals surface area (Å²) in [7, 11) is 0. The number of nitrogens with zero attached hydrogens (tertiary/aromatic N) is 3. The highest BCUT2D eigenvalue weighted by atomic mass is 16.5. The van der Waals surface area contributed by atoms with E-state index >= 15 is 0 Å². The Labute approximate surface area is 168 Å². The second-order valence-electron chi connectivity index (χ2n) is 9.40. The molecule has 5 heteroatoms. The normalized spacial score (nSPS) is 32.5. The number of carbonyl (C=O) groups is 1. The third kappa shape index (κ3) is 3.12. The molecule has 1 amide bonds. The molecular formula is C23H33N3O2. The van der Waals surface area contributed by atoms with E-state index in [9.17, 15) is 4.79 Å². The van der Waals surface area contributed by atoms with E-state index in [0.29, 0.717) is 24.3 Å². The molecule has 0 radical (unpaired) electrons. The van der Waals surface area contributed by atoms with Gasteiger partial charge in [-0.3, -0.25) is 9.69 Å². The van der Waals surface area contributed by atoms with Crippen LogP contribution < -0.4 is 0 Å². The number of piperidine rings is 3. The van der Waals surface area contributed by atoms with Gasteiger partial charge in [-0.2, -0.15) is 0 Å². The maximum absolute atomic E-state index is 13.2. The smallest absolute Gasteiger partial charge is 0.223 e. The Morgan fingerprint density at radius 1 is 1.25 bits per heavy atom. The van der Waals surface area contributed by atoms with Crippen LogP contribution in [0.4, 0.5) is 0 Å². The van der Waals surface area contributed by atoms with Crippen molar-refractivity contribution in [2.75, 3.05) is 19.6 Å². The first kappa shape index (κ1) is 18.4. The summed E-state index contributed by atoms with van der Waals surface area (Å²) in [5.74, 6) is 2.52. The summed E-state index contributed by atoms with van der Waals surface area (Å²) in [6, 6.07) is 1.12. The zero-order valence-corrected chi connectivity index (χ0v) is 17.3. The van der Waals surface area contributed by atoms with Crippen molar-refractivity contribution in [3.05, 3.63) is 28.7 Å². The van der Waals surface area contributed by atoms with Gasteiger partial charge in [-0.05, 0) is 70.8 Å². The number of amides is 1. The van der Waals surface area contributed by atoms with E-state index in [-0.39, 0.29) is 0 Å². The Kier molecular flexibility index (Phi) is 4.82. The van der Waals surface area contributed by atoms with Crippen LogP contribution in [0.1, 0.15) is 62.0 Å². The van der Waals surface area contributed by atoms with Gasteiger partial charge in [0.1, 0.15) is 5.76 Å². The molecular weight excluding hydrogens is 350 g/mol. The van der Waals surface area contributed by atoms with Gasteiger partial charge in [-0.15, -0.1) is 0 Å². The molecule has 1 aromatic heterocycles. The summed E-state index contributed by atoms with van der Waals surface area (Å²) in [5.41, 5.74) is 3.61. The monoisotopic (exact) mass is 383 g/mol. The van der Waals surface area contributed by atoms with Gasteiger partial charge in [0, 0.05) is 31.1 Å². The second kappa shape index (κ2) is 7.33. The molecule has 3 aliphatic heterocycles. The Morgan fingerprint density at radius 3 is 2.96 bits per heavy atom. The number of fused-ring (bicyclic) bond motifs is 6. The van der Waals surface area contributed by atoms with E-state index in [1.54, 1.807) is 5.57 Å². The van der Waals surface area contributed by atoms with Crippen molar-refractivity contribution >= 4 is 5.91 Å². The SMILES string of the molecule is Cc1noc(C)c1CCC(=O)N1CCCC2=C[C@H]3C[C@H](CN4CCCC[C@H]34)[C@@H]21. The summed E-state index contributed by atoms with van der Waals surface area (Å²) >= 11 is 0.